The summed E-state index contributed by atoms with van der Waals surface area (Å²) in [5.41, 5.74) is 0. The molecule has 5 atom stereocenters. The van der Waals surface area contributed by atoms with Gasteiger partial charge in [-0.1, -0.05) is 356 Å². The predicted octanol–water partition coefficient (Wildman–Crippen LogP) is 22.9. The Hall–Kier alpha value is -1.94. The van der Waals surface area contributed by atoms with Crippen LogP contribution in [0.25, 0.3) is 0 Å². The molecule has 0 aromatic heterocycles. The quantitative estimate of drug-likeness (QED) is 0.0222. The standard InChI is InChI=1S/C77H150O17P2/c1-6-9-12-15-18-21-24-27-28-29-30-31-32-33-34-35-37-40-43-46-53-58-63-77(82)93-72(66-87-74(79)60-55-50-44-41-39-36-25-22-19-16-13-10-7-2)68-91-95(83,84)89-64-71(78)65-90-96(85,86)92-69-73(67-88-75(80)61-56-51-48-47-49-54-59-70(4)5)94-76(81)62-57-52-45-42-38-26-23-20-17-14-11-8-3/h70-73,78H,6-69H2,1-5H3,(H,83,84)(H,85,86)/t71-,72-,73-/m1/s1. The molecule has 17 nitrogen and oxygen atoms in total. The van der Waals surface area contributed by atoms with Crippen LogP contribution in [-0.2, 0) is 65.4 Å². The van der Waals surface area contributed by atoms with Gasteiger partial charge in [0.25, 0.3) is 0 Å². The molecule has 0 radical (unpaired) electrons. The van der Waals surface area contributed by atoms with Crippen molar-refractivity contribution in [2.24, 2.45) is 5.92 Å². The van der Waals surface area contributed by atoms with E-state index >= 15 is 0 Å². The number of aliphatic hydroxyl groups is 1. The normalized spacial score (nSPS) is 13.9. The van der Waals surface area contributed by atoms with Crippen molar-refractivity contribution >= 4 is 39.5 Å². The highest BCUT2D eigenvalue weighted by atomic mass is 31.2. The van der Waals surface area contributed by atoms with E-state index in [4.69, 9.17) is 37.0 Å². The van der Waals surface area contributed by atoms with Gasteiger partial charge in [-0.15, -0.1) is 0 Å². The maximum atomic E-state index is 13.1. The molecule has 0 saturated carbocycles. The number of rotatable bonds is 77. The fraction of sp³-hybridized carbons (Fsp3) is 0.948. The largest absolute Gasteiger partial charge is 0.472 e. The van der Waals surface area contributed by atoms with E-state index in [0.29, 0.717) is 31.6 Å². The molecule has 0 amide bonds. The average molecular weight is 1410 g/mol. The number of phosphoric acid groups is 2. The third-order valence-corrected chi connectivity index (χ3v) is 19.9. The highest BCUT2D eigenvalue weighted by molar-refractivity contribution is 7.47. The third kappa shape index (κ3) is 70.5. The molecular weight excluding hydrogens is 1260 g/mol. The van der Waals surface area contributed by atoms with Crippen molar-refractivity contribution in [3.63, 3.8) is 0 Å². The van der Waals surface area contributed by atoms with Crippen LogP contribution in [0.15, 0.2) is 0 Å². The summed E-state index contributed by atoms with van der Waals surface area (Å²) in [6, 6.07) is 0. The van der Waals surface area contributed by atoms with E-state index in [9.17, 15) is 43.2 Å². The van der Waals surface area contributed by atoms with Gasteiger partial charge in [-0.3, -0.25) is 37.3 Å². The zero-order chi connectivity index (χ0) is 70.5. The molecule has 3 N–H and O–H groups in total. The van der Waals surface area contributed by atoms with Crippen molar-refractivity contribution in [3.8, 4) is 0 Å². The Kier molecular flexibility index (Phi) is 68.7. The van der Waals surface area contributed by atoms with Crippen LogP contribution in [-0.4, -0.2) is 96.7 Å². The minimum Gasteiger partial charge on any atom is -0.462 e. The SMILES string of the molecule is CCCCCCCCCCCCCCCCCCCCCCCCC(=O)O[C@H](COC(=O)CCCCCCCCCCCCCCC)COP(=O)(O)OC[C@@H](O)COP(=O)(O)OC[C@@H](COC(=O)CCCCCCCCC(C)C)OC(=O)CCCCCCCCCCCCCC. The molecule has 0 aliphatic carbocycles. The molecule has 0 aliphatic rings. The molecule has 2 unspecified atom stereocenters. The minimum atomic E-state index is -4.96. The number of unbranched alkanes of at least 4 members (excludes halogenated alkanes) is 49. The first-order chi connectivity index (χ1) is 46.5. The molecule has 0 rings (SSSR count). The fourth-order valence-corrected chi connectivity index (χ4v) is 13.5. The summed E-state index contributed by atoms with van der Waals surface area (Å²) in [4.78, 5) is 72.7. The molecule has 0 aromatic carbocycles. The summed E-state index contributed by atoms with van der Waals surface area (Å²) in [5.74, 6) is -1.44. The van der Waals surface area contributed by atoms with Gasteiger partial charge in [-0.25, -0.2) is 9.13 Å². The number of hydrogen-bond acceptors (Lipinski definition) is 15. The number of aliphatic hydroxyl groups excluding tert-OH is 1. The zero-order valence-electron chi connectivity index (χ0n) is 62.5. The van der Waals surface area contributed by atoms with Gasteiger partial charge in [0, 0.05) is 25.7 Å². The lowest BCUT2D eigenvalue weighted by molar-refractivity contribution is -0.161. The van der Waals surface area contributed by atoms with Crippen LogP contribution in [0.1, 0.15) is 407 Å². The van der Waals surface area contributed by atoms with Gasteiger partial charge in [-0.2, -0.15) is 0 Å². The maximum absolute atomic E-state index is 13.1. The minimum absolute atomic E-state index is 0.107. The summed E-state index contributed by atoms with van der Waals surface area (Å²) < 4.78 is 68.5. The third-order valence-electron chi connectivity index (χ3n) is 18.0. The fourth-order valence-electron chi connectivity index (χ4n) is 11.9. The summed E-state index contributed by atoms with van der Waals surface area (Å²) in [5, 5.41) is 10.6. The molecule has 96 heavy (non-hydrogen) atoms. The lowest BCUT2D eigenvalue weighted by Gasteiger charge is -2.21. The number of hydrogen-bond donors (Lipinski definition) is 3. The van der Waals surface area contributed by atoms with Gasteiger partial charge < -0.3 is 33.8 Å². The molecule has 0 spiro atoms. The molecular formula is C77H150O17P2. The van der Waals surface area contributed by atoms with Gasteiger partial charge in [0.1, 0.15) is 19.3 Å². The zero-order valence-corrected chi connectivity index (χ0v) is 64.3. The van der Waals surface area contributed by atoms with Crippen LogP contribution in [0.3, 0.4) is 0 Å². The van der Waals surface area contributed by atoms with Gasteiger partial charge in [0.05, 0.1) is 26.4 Å². The van der Waals surface area contributed by atoms with Crippen molar-refractivity contribution in [2.75, 3.05) is 39.6 Å². The highest BCUT2D eigenvalue weighted by Gasteiger charge is 2.30. The van der Waals surface area contributed by atoms with Crippen LogP contribution in [0, 0.1) is 5.92 Å². The summed E-state index contributed by atoms with van der Waals surface area (Å²) in [7, 11) is -9.91. The predicted molar refractivity (Wildman–Crippen MR) is 391 cm³/mol. The van der Waals surface area contributed by atoms with Crippen LogP contribution in [0.2, 0.25) is 0 Å². The Morgan fingerprint density at radius 3 is 0.708 bits per heavy atom. The van der Waals surface area contributed by atoms with Crippen molar-refractivity contribution < 1.29 is 80.2 Å². The van der Waals surface area contributed by atoms with E-state index in [2.05, 4.69) is 34.6 Å². The highest BCUT2D eigenvalue weighted by Crippen LogP contribution is 2.45. The first kappa shape index (κ1) is 94.1. The van der Waals surface area contributed by atoms with E-state index in [1.54, 1.807) is 0 Å². The maximum Gasteiger partial charge on any atom is 0.472 e. The number of carbonyl (C=O) groups is 4. The first-order valence-electron chi connectivity index (χ1n) is 40.1. The number of ether oxygens (including phenoxy) is 4. The smallest absolute Gasteiger partial charge is 0.462 e. The van der Waals surface area contributed by atoms with E-state index in [1.165, 1.54) is 225 Å². The molecule has 0 heterocycles. The summed E-state index contributed by atoms with van der Waals surface area (Å²) in [6.45, 7) is 7.21. The van der Waals surface area contributed by atoms with Crippen LogP contribution < -0.4 is 0 Å². The molecule has 0 saturated heterocycles. The molecule has 0 aromatic rings. The Morgan fingerprint density at radius 2 is 0.479 bits per heavy atom. The van der Waals surface area contributed by atoms with Crippen molar-refractivity contribution in [3.05, 3.63) is 0 Å². The molecule has 0 bridgehead atoms. The summed E-state index contributed by atoms with van der Waals surface area (Å²) in [6.07, 6.45) is 59.9. The van der Waals surface area contributed by atoms with Gasteiger partial charge in [0.2, 0.25) is 0 Å². The Morgan fingerprint density at radius 1 is 0.281 bits per heavy atom. The topological polar surface area (TPSA) is 237 Å². The molecule has 19 heteroatoms. The first-order valence-corrected chi connectivity index (χ1v) is 43.1. The van der Waals surface area contributed by atoms with Crippen LogP contribution >= 0.6 is 15.6 Å². The number of phosphoric ester groups is 2. The molecule has 0 fully saturated rings. The second-order valence-electron chi connectivity index (χ2n) is 28.2. The second-order valence-corrected chi connectivity index (χ2v) is 31.1. The number of esters is 4. The number of carbonyl (C=O) groups excluding carboxylic acids is 4. The van der Waals surface area contributed by atoms with Gasteiger partial charge >= 0.3 is 39.5 Å². The van der Waals surface area contributed by atoms with Crippen LogP contribution in [0.5, 0.6) is 0 Å². The lowest BCUT2D eigenvalue weighted by Crippen LogP contribution is -2.30. The Balaban J connectivity index is 5.17. The average Bonchev–Trinajstić information content (AvgIpc) is 1.12. The van der Waals surface area contributed by atoms with E-state index in [-0.39, 0.29) is 25.7 Å². The van der Waals surface area contributed by atoms with E-state index in [1.807, 2.05) is 0 Å². The summed E-state index contributed by atoms with van der Waals surface area (Å²) >= 11 is 0. The molecule has 570 valence electrons. The molecule has 0 aliphatic heterocycles. The Bertz CT molecular complexity index is 1840. The van der Waals surface area contributed by atoms with Gasteiger partial charge in [0.15, 0.2) is 12.2 Å². The van der Waals surface area contributed by atoms with E-state index < -0.39 is 97.5 Å². The van der Waals surface area contributed by atoms with Crippen molar-refractivity contribution in [1.29, 1.82) is 0 Å². The van der Waals surface area contributed by atoms with Crippen LogP contribution in [0.4, 0.5) is 0 Å². The lowest BCUT2D eigenvalue weighted by atomic mass is 10.0. The monoisotopic (exact) mass is 1410 g/mol. The second kappa shape index (κ2) is 70.1. The van der Waals surface area contributed by atoms with E-state index in [0.717, 1.165) is 96.3 Å². The van der Waals surface area contributed by atoms with Crippen molar-refractivity contribution in [2.45, 2.75) is 425 Å². The van der Waals surface area contributed by atoms with Gasteiger partial charge in [-0.05, 0) is 31.6 Å². The Labute approximate surface area is 588 Å². The van der Waals surface area contributed by atoms with Crippen molar-refractivity contribution in [1.82, 2.24) is 0 Å².